The van der Waals surface area contributed by atoms with Crippen molar-refractivity contribution in [2.75, 3.05) is 13.6 Å². The van der Waals surface area contributed by atoms with E-state index in [4.69, 9.17) is 11.6 Å². The summed E-state index contributed by atoms with van der Waals surface area (Å²) in [6.07, 6.45) is 2.66. The van der Waals surface area contributed by atoms with Gasteiger partial charge in [0, 0.05) is 29.9 Å². The van der Waals surface area contributed by atoms with E-state index in [1.54, 1.807) is 12.3 Å². The monoisotopic (exact) mass is 170 g/mol. The molecule has 2 nitrogen and oxygen atoms in total. The van der Waals surface area contributed by atoms with Crippen molar-refractivity contribution in [2.24, 2.45) is 0 Å². The molecular weight excluding hydrogens is 160 g/mol. The third-order valence-electron chi connectivity index (χ3n) is 1.41. The number of halogens is 1. The molecule has 1 aromatic heterocycles. The molecule has 0 fully saturated rings. The first-order valence-electron chi connectivity index (χ1n) is 3.58. The fourth-order valence-electron chi connectivity index (χ4n) is 0.839. The Morgan fingerprint density at radius 3 is 3.09 bits per heavy atom. The van der Waals surface area contributed by atoms with Gasteiger partial charge in [-0.15, -0.1) is 0 Å². The molecule has 1 rings (SSSR count). The number of rotatable bonds is 3. The third kappa shape index (κ3) is 2.87. The van der Waals surface area contributed by atoms with Crippen molar-refractivity contribution in [3.8, 4) is 0 Å². The van der Waals surface area contributed by atoms with Gasteiger partial charge in [0.2, 0.25) is 0 Å². The largest absolute Gasteiger partial charge is 0.319 e. The summed E-state index contributed by atoms with van der Waals surface area (Å²) in [5.74, 6) is 0. The molecule has 0 unspecified atom stereocenters. The molecule has 11 heavy (non-hydrogen) atoms. The Balaban J connectivity index is 2.56. The van der Waals surface area contributed by atoms with Crippen molar-refractivity contribution in [1.29, 1.82) is 0 Å². The minimum atomic E-state index is 0.756. The third-order valence-corrected chi connectivity index (χ3v) is 1.64. The minimum absolute atomic E-state index is 0.756. The van der Waals surface area contributed by atoms with Crippen LogP contribution in [-0.2, 0) is 6.42 Å². The van der Waals surface area contributed by atoms with Crippen LogP contribution >= 0.6 is 11.6 Å². The van der Waals surface area contributed by atoms with Crippen LogP contribution in [0.5, 0.6) is 0 Å². The van der Waals surface area contributed by atoms with Crippen molar-refractivity contribution in [1.82, 2.24) is 10.3 Å². The highest BCUT2D eigenvalue weighted by molar-refractivity contribution is 6.30. The maximum Gasteiger partial charge on any atom is 0.0439 e. The zero-order valence-electron chi connectivity index (χ0n) is 6.47. The molecule has 0 aliphatic carbocycles. The van der Waals surface area contributed by atoms with E-state index in [2.05, 4.69) is 10.3 Å². The smallest absolute Gasteiger partial charge is 0.0439 e. The van der Waals surface area contributed by atoms with Crippen molar-refractivity contribution >= 4 is 11.6 Å². The number of nitrogens with one attached hydrogen (secondary N) is 1. The van der Waals surface area contributed by atoms with Crippen molar-refractivity contribution < 1.29 is 0 Å². The number of pyridine rings is 1. The maximum absolute atomic E-state index is 5.76. The molecule has 0 aromatic carbocycles. The molecule has 0 bridgehead atoms. The van der Waals surface area contributed by atoms with E-state index < -0.39 is 0 Å². The predicted octanol–water partition coefficient (Wildman–Crippen LogP) is 1.50. The van der Waals surface area contributed by atoms with Gasteiger partial charge in [0.1, 0.15) is 0 Å². The summed E-state index contributed by atoms with van der Waals surface area (Å²) < 4.78 is 0. The first-order valence-corrected chi connectivity index (χ1v) is 3.96. The number of hydrogen-bond donors (Lipinski definition) is 1. The molecule has 1 N–H and O–H groups in total. The van der Waals surface area contributed by atoms with Crippen LogP contribution in [-0.4, -0.2) is 18.6 Å². The molecule has 1 heterocycles. The Kier molecular flexibility index (Phi) is 3.33. The molecule has 0 saturated carbocycles. The van der Waals surface area contributed by atoms with Crippen molar-refractivity contribution in [3.05, 3.63) is 29.0 Å². The van der Waals surface area contributed by atoms with E-state index >= 15 is 0 Å². The summed E-state index contributed by atoms with van der Waals surface area (Å²) in [6.45, 7) is 0.938. The van der Waals surface area contributed by atoms with E-state index in [0.29, 0.717) is 0 Å². The highest BCUT2D eigenvalue weighted by Gasteiger charge is 1.93. The molecule has 0 saturated heterocycles. The van der Waals surface area contributed by atoms with Gasteiger partial charge in [-0.05, 0) is 19.2 Å². The van der Waals surface area contributed by atoms with Gasteiger partial charge in [0.25, 0.3) is 0 Å². The Morgan fingerprint density at radius 2 is 2.45 bits per heavy atom. The number of likely N-dealkylation sites (N-methyl/N-ethyl adjacent to an activating group) is 1. The van der Waals surface area contributed by atoms with Gasteiger partial charge in [-0.1, -0.05) is 11.6 Å². The molecular formula is C8H11ClN2. The maximum atomic E-state index is 5.76. The molecule has 0 spiro atoms. The lowest BCUT2D eigenvalue weighted by Crippen LogP contribution is -2.10. The predicted molar refractivity (Wildman–Crippen MR) is 46.9 cm³/mol. The normalized spacial score (nSPS) is 10.0. The fourth-order valence-corrected chi connectivity index (χ4v) is 1.02. The van der Waals surface area contributed by atoms with Gasteiger partial charge >= 0.3 is 0 Å². The summed E-state index contributed by atoms with van der Waals surface area (Å²) in [4.78, 5) is 4.15. The molecule has 3 heteroatoms. The number of aromatic nitrogens is 1. The van der Waals surface area contributed by atoms with E-state index in [-0.39, 0.29) is 0 Å². The Bertz CT molecular complexity index is 225. The van der Waals surface area contributed by atoms with Crippen LogP contribution in [0.3, 0.4) is 0 Å². The lowest BCUT2D eigenvalue weighted by Gasteiger charge is -1.98. The van der Waals surface area contributed by atoms with Crippen LogP contribution in [0.25, 0.3) is 0 Å². The average Bonchev–Trinajstić information content (AvgIpc) is 2.01. The highest BCUT2D eigenvalue weighted by atomic mass is 35.5. The lowest BCUT2D eigenvalue weighted by atomic mass is 10.3. The summed E-state index contributed by atoms with van der Waals surface area (Å²) in [6, 6.07) is 3.67. The van der Waals surface area contributed by atoms with Gasteiger partial charge < -0.3 is 5.32 Å². The molecule has 0 aliphatic rings. The molecule has 60 valence electrons. The Hall–Kier alpha value is -0.600. The van der Waals surface area contributed by atoms with E-state index in [1.165, 1.54) is 0 Å². The van der Waals surface area contributed by atoms with Gasteiger partial charge in [-0.25, -0.2) is 0 Å². The van der Waals surface area contributed by atoms with Gasteiger partial charge in [-0.3, -0.25) is 4.98 Å². The fraction of sp³-hybridized carbons (Fsp3) is 0.375. The van der Waals surface area contributed by atoms with Crippen LogP contribution in [0, 0.1) is 0 Å². The van der Waals surface area contributed by atoms with E-state index in [9.17, 15) is 0 Å². The summed E-state index contributed by atoms with van der Waals surface area (Å²) in [7, 11) is 1.92. The zero-order valence-corrected chi connectivity index (χ0v) is 7.23. The highest BCUT2D eigenvalue weighted by Crippen LogP contribution is 2.07. The van der Waals surface area contributed by atoms with Crippen LogP contribution in [0.2, 0.25) is 5.02 Å². The summed E-state index contributed by atoms with van der Waals surface area (Å²) >= 11 is 5.76. The average molecular weight is 171 g/mol. The summed E-state index contributed by atoms with van der Waals surface area (Å²) in [5, 5.41) is 3.81. The summed E-state index contributed by atoms with van der Waals surface area (Å²) in [5.41, 5.74) is 1.03. The first kappa shape index (κ1) is 8.50. The molecule has 0 radical (unpaired) electrons. The number of hydrogen-bond acceptors (Lipinski definition) is 2. The minimum Gasteiger partial charge on any atom is -0.319 e. The molecule has 0 amide bonds. The van der Waals surface area contributed by atoms with E-state index in [0.717, 1.165) is 23.7 Å². The van der Waals surface area contributed by atoms with Crippen LogP contribution in [0.4, 0.5) is 0 Å². The van der Waals surface area contributed by atoms with Gasteiger partial charge in [0.05, 0.1) is 0 Å². The SMILES string of the molecule is CNCCc1cc(Cl)ccn1. The van der Waals surface area contributed by atoms with Crippen LogP contribution < -0.4 is 5.32 Å². The Morgan fingerprint density at radius 1 is 1.64 bits per heavy atom. The molecule has 0 aliphatic heterocycles. The van der Waals surface area contributed by atoms with Crippen LogP contribution in [0.1, 0.15) is 5.69 Å². The first-order chi connectivity index (χ1) is 5.33. The van der Waals surface area contributed by atoms with Gasteiger partial charge in [-0.2, -0.15) is 0 Å². The molecule has 1 aromatic rings. The topological polar surface area (TPSA) is 24.9 Å². The zero-order chi connectivity index (χ0) is 8.10. The van der Waals surface area contributed by atoms with Crippen molar-refractivity contribution in [2.45, 2.75) is 6.42 Å². The Labute approximate surface area is 71.6 Å². The van der Waals surface area contributed by atoms with Crippen LogP contribution in [0.15, 0.2) is 18.3 Å². The van der Waals surface area contributed by atoms with Gasteiger partial charge in [0.15, 0.2) is 0 Å². The second kappa shape index (κ2) is 4.31. The lowest BCUT2D eigenvalue weighted by molar-refractivity contribution is 0.776. The number of nitrogens with zero attached hydrogens (tertiary/aromatic N) is 1. The van der Waals surface area contributed by atoms with Crippen molar-refractivity contribution in [3.63, 3.8) is 0 Å². The van der Waals surface area contributed by atoms with E-state index in [1.807, 2.05) is 13.1 Å². The second-order valence-electron chi connectivity index (χ2n) is 2.32. The molecule has 0 atom stereocenters. The quantitative estimate of drug-likeness (QED) is 0.744. The standard InChI is InChI=1S/C8H11ClN2/c1-10-4-3-8-6-7(9)2-5-11-8/h2,5-6,10H,3-4H2,1H3. The second-order valence-corrected chi connectivity index (χ2v) is 2.76.